The molecule has 4 bridgehead atoms. The van der Waals surface area contributed by atoms with Crippen LogP contribution in [0, 0.1) is 34.5 Å². The molecule has 6 aliphatic rings. The van der Waals surface area contributed by atoms with Gasteiger partial charge in [0.2, 0.25) is 5.95 Å². The maximum absolute atomic E-state index is 11.9. The molecule has 5 fully saturated rings. The lowest BCUT2D eigenvalue weighted by Crippen LogP contribution is -2.56. The Morgan fingerprint density at radius 2 is 1.97 bits per heavy atom. The van der Waals surface area contributed by atoms with Crippen molar-refractivity contribution in [1.82, 2.24) is 19.7 Å². The summed E-state index contributed by atoms with van der Waals surface area (Å²) in [6, 6.07) is 0.189. The van der Waals surface area contributed by atoms with Crippen LogP contribution >= 0.6 is 11.9 Å². The van der Waals surface area contributed by atoms with Crippen LogP contribution < -0.4 is 5.32 Å². The smallest absolute Gasteiger partial charge is 0.306 e. The van der Waals surface area contributed by atoms with Crippen LogP contribution in [0.5, 0.6) is 0 Å². The van der Waals surface area contributed by atoms with Gasteiger partial charge in [0, 0.05) is 33.9 Å². The number of anilines is 1. The quantitative estimate of drug-likeness (QED) is 0.423. The largest absolute Gasteiger partial charge is 0.481 e. The van der Waals surface area contributed by atoms with Crippen molar-refractivity contribution >= 4 is 23.9 Å². The molecule has 1 saturated heterocycles. The van der Waals surface area contributed by atoms with Gasteiger partial charge in [-0.3, -0.25) is 4.79 Å². The molecule has 1 aromatic heterocycles. The number of carboxylic acids is 1. The molecule has 3 atom stereocenters. The van der Waals surface area contributed by atoms with Crippen LogP contribution in [0.3, 0.4) is 0 Å². The number of carbonyl (C=O) groups is 1. The highest BCUT2D eigenvalue weighted by Gasteiger charge is 2.58. The van der Waals surface area contributed by atoms with Crippen molar-refractivity contribution in [3.8, 4) is 0 Å². The predicted octanol–water partition coefficient (Wildman–Crippen LogP) is 4.66. The second-order valence-electron chi connectivity index (χ2n) is 11.3. The Hall–Kier alpha value is -2.10. The molecular weight excluding hydrogens is 452 g/mol. The van der Waals surface area contributed by atoms with E-state index in [0.717, 1.165) is 36.4 Å². The molecule has 0 radical (unpaired) electrons. The molecule has 0 amide bonds. The third kappa shape index (κ3) is 3.63. The summed E-state index contributed by atoms with van der Waals surface area (Å²) >= 11 is 1.32. The van der Waals surface area contributed by atoms with Gasteiger partial charge in [-0.1, -0.05) is 0 Å². The van der Waals surface area contributed by atoms with Crippen molar-refractivity contribution in [2.75, 3.05) is 11.9 Å². The van der Waals surface area contributed by atoms with Crippen molar-refractivity contribution in [2.45, 2.75) is 81.5 Å². The van der Waals surface area contributed by atoms with Gasteiger partial charge in [-0.15, -0.1) is 4.91 Å². The standard InChI is InChI=1S/C24H34N6O3S/c1-14-6-21(27-23-25-13-26-30(14)23)29-5-3-17(22(31)32)12-20(29)2-4-24(34-28-33)18-8-15-7-16(10-18)11-19(24)9-15/h6,13-20H,2-5,7-12H2,1H3,(H,31,32)(H,25,26,27). The Bertz CT molecular complexity index is 967. The van der Waals surface area contributed by atoms with E-state index in [-0.39, 0.29) is 22.7 Å². The maximum Gasteiger partial charge on any atom is 0.306 e. The minimum absolute atomic E-state index is 0.0706. The first-order valence-corrected chi connectivity index (χ1v) is 13.6. The summed E-state index contributed by atoms with van der Waals surface area (Å²) in [4.78, 5) is 30.2. The van der Waals surface area contributed by atoms with Crippen LogP contribution in [0.25, 0.3) is 0 Å². The number of hydrogen-bond donors (Lipinski definition) is 2. The van der Waals surface area contributed by atoms with Crippen molar-refractivity contribution in [3.63, 3.8) is 0 Å². The number of aromatic nitrogens is 3. The number of piperidine rings is 1. The van der Waals surface area contributed by atoms with Gasteiger partial charge in [0.15, 0.2) is 0 Å². The van der Waals surface area contributed by atoms with E-state index in [1.54, 1.807) is 6.33 Å². The number of carboxylic acid groups (broad SMARTS) is 1. The van der Waals surface area contributed by atoms with Crippen molar-refractivity contribution < 1.29 is 9.90 Å². The molecule has 34 heavy (non-hydrogen) atoms. The average Bonchev–Trinajstić information content (AvgIpc) is 3.29. The molecule has 2 N–H and O–H groups in total. The van der Waals surface area contributed by atoms with Crippen LogP contribution in [0.15, 0.2) is 22.8 Å². The zero-order valence-corrected chi connectivity index (χ0v) is 20.5. The normalized spacial score (nSPS) is 40.4. The fourth-order valence-electron chi connectivity index (χ4n) is 8.17. The third-order valence-corrected chi connectivity index (χ3v) is 10.9. The predicted molar refractivity (Wildman–Crippen MR) is 130 cm³/mol. The van der Waals surface area contributed by atoms with Gasteiger partial charge < -0.3 is 15.3 Å². The molecule has 184 valence electrons. The number of hydrogen-bond acceptors (Lipinski definition) is 8. The highest BCUT2D eigenvalue weighted by molar-refractivity contribution is 7.99. The summed E-state index contributed by atoms with van der Waals surface area (Å²) < 4.78 is 5.20. The Balaban J connectivity index is 1.24. The highest BCUT2D eigenvalue weighted by atomic mass is 32.2. The lowest BCUT2D eigenvalue weighted by Gasteiger charge is -2.60. The van der Waals surface area contributed by atoms with E-state index in [2.05, 4.69) is 37.9 Å². The molecule has 0 spiro atoms. The number of aliphatic carboxylic acids is 1. The van der Waals surface area contributed by atoms with E-state index in [1.165, 1.54) is 44.1 Å². The lowest BCUT2D eigenvalue weighted by atomic mass is 9.50. The maximum atomic E-state index is 11.9. The molecule has 3 unspecified atom stereocenters. The SMILES string of the molecule is CC1C=C(N2CCC(C(=O)O)CC2CCC2(SN=O)C3CC4CC(C3)CC2C4)Nc2ncnn21. The number of likely N-dealkylation sites (tertiary alicyclic amines) is 1. The summed E-state index contributed by atoms with van der Waals surface area (Å²) in [5.74, 6) is 3.52. The van der Waals surface area contributed by atoms with Gasteiger partial charge in [-0.05, 0) is 94.5 Å². The van der Waals surface area contributed by atoms with E-state index in [4.69, 9.17) is 0 Å². The number of nitroso groups, excluding NO2 is 1. The fraction of sp³-hybridized carbons (Fsp3) is 0.792. The summed E-state index contributed by atoms with van der Waals surface area (Å²) in [5.41, 5.74) is 0. The average molecular weight is 487 g/mol. The molecule has 3 heterocycles. The van der Waals surface area contributed by atoms with Gasteiger partial charge in [0.05, 0.1) is 12.0 Å². The zero-order valence-electron chi connectivity index (χ0n) is 19.7. The van der Waals surface area contributed by atoms with E-state index >= 15 is 0 Å². The van der Waals surface area contributed by atoms with Crippen LogP contribution in [0.2, 0.25) is 0 Å². The van der Waals surface area contributed by atoms with Gasteiger partial charge >= 0.3 is 5.97 Å². The fourth-order valence-corrected chi connectivity index (χ4v) is 9.20. The van der Waals surface area contributed by atoms with Gasteiger partial charge in [-0.2, -0.15) is 10.1 Å². The van der Waals surface area contributed by atoms with E-state index < -0.39 is 5.97 Å². The number of fused-ring (bicyclic) bond motifs is 1. The first-order valence-electron chi connectivity index (χ1n) is 12.9. The topological polar surface area (TPSA) is 113 Å². The minimum Gasteiger partial charge on any atom is -0.481 e. The van der Waals surface area contributed by atoms with Crippen LogP contribution in [-0.2, 0) is 4.79 Å². The van der Waals surface area contributed by atoms with E-state index in [9.17, 15) is 14.8 Å². The Morgan fingerprint density at radius 1 is 1.24 bits per heavy atom. The first-order chi connectivity index (χ1) is 16.5. The van der Waals surface area contributed by atoms with Crippen LogP contribution in [-0.4, -0.2) is 48.1 Å². The molecule has 9 nitrogen and oxygen atoms in total. The van der Waals surface area contributed by atoms with Crippen molar-refractivity contribution in [2.24, 2.45) is 34.2 Å². The highest BCUT2D eigenvalue weighted by Crippen LogP contribution is 2.64. The molecular formula is C24H34N6O3S. The summed E-state index contributed by atoms with van der Waals surface area (Å²) in [6.07, 6.45) is 13.1. The summed E-state index contributed by atoms with van der Waals surface area (Å²) in [5, 5.41) is 17.5. The number of allylic oxidation sites excluding steroid dienone is 1. The molecule has 10 heteroatoms. The number of rotatable bonds is 7. The van der Waals surface area contributed by atoms with Crippen molar-refractivity contribution in [3.05, 3.63) is 23.1 Å². The van der Waals surface area contributed by atoms with Crippen molar-refractivity contribution in [1.29, 1.82) is 0 Å². The Kier molecular flexibility index (Phi) is 5.61. The molecule has 0 aromatic carbocycles. The molecule has 4 saturated carbocycles. The van der Waals surface area contributed by atoms with E-state index in [1.807, 2.05) is 4.68 Å². The Labute approximate surface area is 204 Å². The zero-order chi connectivity index (χ0) is 23.4. The number of nitrogens with one attached hydrogen (secondary N) is 1. The van der Waals surface area contributed by atoms with Gasteiger partial charge in [0.25, 0.3) is 0 Å². The summed E-state index contributed by atoms with van der Waals surface area (Å²) in [6.45, 7) is 2.79. The molecule has 4 aliphatic carbocycles. The van der Waals surface area contributed by atoms with Crippen LogP contribution in [0.1, 0.15) is 70.8 Å². The number of nitrogens with zero attached hydrogens (tertiary/aromatic N) is 5. The molecule has 2 aliphatic heterocycles. The second kappa shape index (κ2) is 8.53. The van der Waals surface area contributed by atoms with Gasteiger partial charge in [0.1, 0.15) is 12.1 Å². The minimum atomic E-state index is -0.698. The summed E-state index contributed by atoms with van der Waals surface area (Å²) in [7, 11) is 0. The monoisotopic (exact) mass is 486 g/mol. The van der Waals surface area contributed by atoms with Gasteiger partial charge in [-0.25, -0.2) is 4.68 Å². The second-order valence-corrected chi connectivity index (χ2v) is 12.4. The third-order valence-electron chi connectivity index (χ3n) is 9.57. The lowest BCUT2D eigenvalue weighted by molar-refractivity contribution is -0.144. The van der Waals surface area contributed by atoms with E-state index in [0.29, 0.717) is 31.2 Å². The van der Waals surface area contributed by atoms with Crippen LogP contribution in [0.4, 0.5) is 5.95 Å². The Morgan fingerprint density at radius 3 is 2.65 bits per heavy atom. The molecule has 1 aromatic rings. The first kappa shape index (κ1) is 22.4. The molecule has 7 rings (SSSR count).